The Bertz CT molecular complexity index is 624. The van der Waals surface area contributed by atoms with Gasteiger partial charge in [0.05, 0.1) is 19.9 Å². The van der Waals surface area contributed by atoms with Crippen LogP contribution < -0.4 is 15.4 Å². The average molecular weight is 443 g/mol. The number of nitrogens with one attached hydrogen (secondary N) is 2. The second-order valence-electron chi connectivity index (χ2n) is 5.24. The SMILES string of the molecule is CCNC(=NCc1cnn(C)c1)NCCc1ccc(OC)cc1.I. The lowest BCUT2D eigenvalue weighted by Crippen LogP contribution is -2.38. The van der Waals surface area contributed by atoms with Gasteiger partial charge in [0.15, 0.2) is 5.96 Å². The molecule has 0 unspecified atom stereocenters. The molecule has 0 saturated heterocycles. The molecule has 0 atom stereocenters. The molecule has 0 fully saturated rings. The zero-order valence-corrected chi connectivity index (χ0v) is 16.8. The van der Waals surface area contributed by atoms with Crippen molar-refractivity contribution in [2.75, 3.05) is 20.2 Å². The summed E-state index contributed by atoms with van der Waals surface area (Å²) in [5, 5.41) is 10.8. The minimum atomic E-state index is 0. The first-order chi connectivity index (χ1) is 11.2. The number of ether oxygens (including phenoxy) is 1. The fraction of sp³-hybridized carbons (Fsp3) is 0.412. The minimum Gasteiger partial charge on any atom is -0.497 e. The molecule has 132 valence electrons. The molecule has 6 nitrogen and oxygen atoms in total. The Kier molecular flexibility index (Phi) is 9.21. The number of hydrogen-bond donors (Lipinski definition) is 2. The molecule has 1 heterocycles. The first kappa shape index (κ1) is 20.3. The smallest absolute Gasteiger partial charge is 0.191 e. The molecular weight excluding hydrogens is 417 g/mol. The van der Waals surface area contributed by atoms with E-state index in [9.17, 15) is 0 Å². The molecule has 0 radical (unpaired) electrons. The lowest BCUT2D eigenvalue weighted by molar-refractivity contribution is 0.414. The highest BCUT2D eigenvalue weighted by Gasteiger charge is 2.00. The number of halogens is 1. The molecular formula is C17H26IN5O. The number of aliphatic imine (C=N–C) groups is 1. The van der Waals surface area contributed by atoms with E-state index in [-0.39, 0.29) is 24.0 Å². The molecule has 2 N–H and O–H groups in total. The molecule has 0 saturated carbocycles. The fourth-order valence-corrected chi connectivity index (χ4v) is 2.18. The van der Waals surface area contributed by atoms with Gasteiger partial charge in [-0.1, -0.05) is 12.1 Å². The molecule has 0 amide bonds. The highest BCUT2D eigenvalue weighted by Crippen LogP contribution is 2.11. The summed E-state index contributed by atoms with van der Waals surface area (Å²) in [6.07, 6.45) is 4.75. The van der Waals surface area contributed by atoms with Crippen LogP contribution in [0.5, 0.6) is 5.75 Å². The Morgan fingerprint density at radius 3 is 2.54 bits per heavy atom. The summed E-state index contributed by atoms with van der Waals surface area (Å²) in [5.74, 6) is 1.71. The van der Waals surface area contributed by atoms with Crippen molar-refractivity contribution in [2.45, 2.75) is 19.9 Å². The van der Waals surface area contributed by atoms with Crippen LogP contribution in [-0.4, -0.2) is 35.9 Å². The number of rotatable bonds is 7. The number of methoxy groups -OCH3 is 1. The number of aromatic nitrogens is 2. The van der Waals surface area contributed by atoms with E-state index in [1.54, 1.807) is 11.8 Å². The van der Waals surface area contributed by atoms with Crippen LogP contribution in [-0.2, 0) is 20.0 Å². The maximum atomic E-state index is 5.17. The minimum absolute atomic E-state index is 0. The number of benzene rings is 1. The summed E-state index contributed by atoms with van der Waals surface area (Å²) in [7, 11) is 3.59. The Morgan fingerprint density at radius 1 is 1.21 bits per heavy atom. The van der Waals surface area contributed by atoms with Crippen molar-refractivity contribution in [3.8, 4) is 5.75 Å². The normalized spacial score (nSPS) is 10.9. The van der Waals surface area contributed by atoms with Crippen molar-refractivity contribution in [3.05, 3.63) is 47.8 Å². The van der Waals surface area contributed by atoms with Crippen LogP contribution in [0.1, 0.15) is 18.1 Å². The van der Waals surface area contributed by atoms with Crippen molar-refractivity contribution in [1.82, 2.24) is 20.4 Å². The second kappa shape index (κ2) is 10.9. The average Bonchev–Trinajstić information content (AvgIpc) is 2.99. The third kappa shape index (κ3) is 6.77. The monoisotopic (exact) mass is 443 g/mol. The van der Waals surface area contributed by atoms with Gasteiger partial charge < -0.3 is 15.4 Å². The molecule has 0 spiro atoms. The summed E-state index contributed by atoms with van der Waals surface area (Å²) in [5.41, 5.74) is 2.36. The highest BCUT2D eigenvalue weighted by molar-refractivity contribution is 14.0. The van der Waals surface area contributed by atoms with E-state index in [4.69, 9.17) is 4.74 Å². The molecule has 2 rings (SSSR count). The van der Waals surface area contributed by atoms with E-state index in [0.717, 1.165) is 36.8 Å². The topological polar surface area (TPSA) is 63.5 Å². The molecule has 0 bridgehead atoms. The van der Waals surface area contributed by atoms with Crippen LogP contribution in [0.15, 0.2) is 41.7 Å². The Hall–Kier alpha value is -1.77. The van der Waals surface area contributed by atoms with Crippen molar-refractivity contribution in [2.24, 2.45) is 12.0 Å². The van der Waals surface area contributed by atoms with Gasteiger partial charge >= 0.3 is 0 Å². The van der Waals surface area contributed by atoms with Gasteiger partial charge in [0.1, 0.15) is 5.75 Å². The first-order valence-corrected chi connectivity index (χ1v) is 7.84. The van der Waals surface area contributed by atoms with E-state index in [0.29, 0.717) is 6.54 Å². The van der Waals surface area contributed by atoms with Crippen LogP contribution in [0.4, 0.5) is 0 Å². The van der Waals surface area contributed by atoms with Crippen LogP contribution >= 0.6 is 24.0 Å². The maximum Gasteiger partial charge on any atom is 0.191 e. The van der Waals surface area contributed by atoms with Crippen LogP contribution in [0, 0.1) is 0 Å². The molecule has 1 aromatic heterocycles. The number of hydrogen-bond acceptors (Lipinski definition) is 3. The van der Waals surface area contributed by atoms with Gasteiger partial charge in [-0.2, -0.15) is 5.10 Å². The standard InChI is InChI=1S/C17H25N5O.HI/c1-4-18-17(20-11-15-12-21-22(2)13-15)19-10-9-14-5-7-16(23-3)8-6-14;/h5-8,12-13H,4,9-11H2,1-3H3,(H2,18,19,20);1H. The Balaban J connectivity index is 0.00000288. The lowest BCUT2D eigenvalue weighted by Gasteiger charge is -2.11. The van der Waals surface area contributed by atoms with Gasteiger partial charge in [-0.15, -0.1) is 24.0 Å². The van der Waals surface area contributed by atoms with Crippen molar-refractivity contribution < 1.29 is 4.74 Å². The fourth-order valence-electron chi connectivity index (χ4n) is 2.18. The maximum absolute atomic E-state index is 5.17. The van der Waals surface area contributed by atoms with Gasteiger partial charge in [0, 0.05) is 31.9 Å². The summed E-state index contributed by atoms with van der Waals surface area (Å²) in [4.78, 5) is 4.58. The van der Waals surface area contributed by atoms with Gasteiger partial charge in [0.2, 0.25) is 0 Å². The third-order valence-corrected chi connectivity index (χ3v) is 3.39. The van der Waals surface area contributed by atoms with Crippen molar-refractivity contribution in [3.63, 3.8) is 0 Å². The second-order valence-corrected chi connectivity index (χ2v) is 5.24. The van der Waals surface area contributed by atoms with E-state index in [2.05, 4.69) is 39.8 Å². The van der Waals surface area contributed by atoms with Gasteiger partial charge in [-0.05, 0) is 31.0 Å². The highest BCUT2D eigenvalue weighted by atomic mass is 127. The largest absolute Gasteiger partial charge is 0.497 e. The van der Waals surface area contributed by atoms with E-state index < -0.39 is 0 Å². The summed E-state index contributed by atoms with van der Waals surface area (Å²) in [6.45, 7) is 4.34. The Morgan fingerprint density at radius 2 is 1.96 bits per heavy atom. The van der Waals surface area contributed by atoms with Crippen LogP contribution in [0.25, 0.3) is 0 Å². The van der Waals surface area contributed by atoms with E-state index >= 15 is 0 Å². The van der Waals surface area contributed by atoms with Crippen molar-refractivity contribution >= 4 is 29.9 Å². The number of aryl methyl sites for hydroxylation is 1. The Labute approximate surface area is 160 Å². The van der Waals surface area contributed by atoms with Gasteiger partial charge in [-0.3, -0.25) is 4.68 Å². The molecule has 24 heavy (non-hydrogen) atoms. The number of nitrogens with zero attached hydrogens (tertiary/aromatic N) is 3. The summed E-state index contributed by atoms with van der Waals surface area (Å²) < 4.78 is 6.95. The number of guanidine groups is 1. The molecule has 0 aliphatic carbocycles. The first-order valence-electron chi connectivity index (χ1n) is 7.84. The zero-order valence-electron chi connectivity index (χ0n) is 14.5. The van der Waals surface area contributed by atoms with E-state index in [1.165, 1.54) is 5.56 Å². The third-order valence-electron chi connectivity index (χ3n) is 3.39. The van der Waals surface area contributed by atoms with Crippen molar-refractivity contribution in [1.29, 1.82) is 0 Å². The summed E-state index contributed by atoms with van der Waals surface area (Å²) in [6, 6.07) is 8.13. The molecule has 7 heteroatoms. The quantitative estimate of drug-likeness (QED) is 0.392. The van der Waals surface area contributed by atoms with Crippen LogP contribution in [0.2, 0.25) is 0 Å². The van der Waals surface area contributed by atoms with E-state index in [1.807, 2.05) is 31.6 Å². The zero-order chi connectivity index (χ0) is 16.5. The summed E-state index contributed by atoms with van der Waals surface area (Å²) >= 11 is 0. The lowest BCUT2D eigenvalue weighted by atomic mass is 10.1. The molecule has 0 aliphatic heterocycles. The van der Waals surface area contributed by atoms with Gasteiger partial charge in [-0.25, -0.2) is 4.99 Å². The molecule has 1 aromatic carbocycles. The predicted octanol–water partition coefficient (Wildman–Crippen LogP) is 2.34. The predicted molar refractivity (Wildman–Crippen MR) is 108 cm³/mol. The molecule has 2 aromatic rings. The van der Waals surface area contributed by atoms with Gasteiger partial charge in [0.25, 0.3) is 0 Å². The van der Waals surface area contributed by atoms with Crippen LogP contribution in [0.3, 0.4) is 0 Å². The molecule has 0 aliphatic rings.